The molecule has 0 aliphatic carbocycles. The highest BCUT2D eigenvalue weighted by molar-refractivity contribution is 8.13. The predicted molar refractivity (Wildman–Crippen MR) is 503 cm³/mol. The van der Waals surface area contributed by atoms with Gasteiger partial charge in [-0.15, -0.1) is 23.2 Å². The van der Waals surface area contributed by atoms with Gasteiger partial charge < -0.3 is 67.5 Å². The number of halogens is 7. The lowest BCUT2D eigenvalue weighted by molar-refractivity contribution is 0.220. The fourth-order valence-electron chi connectivity index (χ4n) is 17.3. The molecule has 18 rings (SSSR count). The summed E-state index contributed by atoms with van der Waals surface area (Å²) in [5.74, 6) is 5.82. The average molecular weight is 1910 g/mol. The summed E-state index contributed by atoms with van der Waals surface area (Å²) >= 11 is 9.53. The summed E-state index contributed by atoms with van der Waals surface area (Å²) in [4.78, 5) is 10.5. The van der Waals surface area contributed by atoms with Crippen LogP contribution in [0.1, 0.15) is 125 Å². The van der Waals surface area contributed by atoms with Crippen LogP contribution in [0.25, 0.3) is 0 Å². The van der Waals surface area contributed by atoms with Crippen LogP contribution in [-0.2, 0) is 70.4 Å². The lowest BCUT2D eigenvalue weighted by Gasteiger charge is -2.37. The summed E-state index contributed by atoms with van der Waals surface area (Å²) < 4.78 is 177. The van der Waals surface area contributed by atoms with Crippen LogP contribution in [0.5, 0.6) is 92.0 Å². The maximum absolute atomic E-state index is 14.2. The molecule has 131 heavy (non-hydrogen) atoms. The first-order valence-corrected chi connectivity index (χ1v) is 48.5. The number of hydrogen-bond acceptors (Lipinski definition) is 22. The van der Waals surface area contributed by atoms with E-state index in [4.69, 9.17) is 96.5 Å². The van der Waals surface area contributed by atoms with Crippen LogP contribution in [0.3, 0.4) is 0 Å². The third-order valence-corrected chi connectivity index (χ3v) is 27.3. The Kier molecular flexibility index (Phi) is 35.2. The van der Waals surface area contributed by atoms with Gasteiger partial charge >= 0.3 is 0 Å². The maximum atomic E-state index is 14.2. The molecule has 10 aromatic rings. The van der Waals surface area contributed by atoms with E-state index in [0.717, 1.165) is 135 Å². The Balaban J connectivity index is 0.000000194. The maximum Gasteiger partial charge on any atom is 0.264 e. The lowest BCUT2D eigenvalue weighted by atomic mass is 9.87. The van der Waals surface area contributed by atoms with Gasteiger partial charge in [0.1, 0.15) is 44.6 Å². The Morgan fingerprint density at radius 3 is 1.15 bits per heavy atom. The van der Waals surface area contributed by atoms with Gasteiger partial charge in [0, 0.05) is 90.8 Å². The molecule has 0 aromatic heterocycles. The Labute approximate surface area is 781 Å². The molecule has 10 aromatic carbocycles. The van der Waals surface area contributed by atoms with E-state index in [1.807, 2.05) is 42.5 Å². The van der Waals surface area contributed by atoms with Crippen LogP contribution in [0.2, 0.25) is 0 Å². The Bertz CT molecular complexity index is 5830. The van der Waals surface area contributed by atoms with Gasteiger partial charge in [-0.2, -0.15) is 0 Å². The monoisotopic (exact) mass is 1900 g/mol. The van der Waals surface area contributed by atoms with Crippen molar-refractivity contribution < 1.29 is 91.2 Å². The van der Waals surface area contributed by atoms with Gasteiger partial charge in [-0.3, -0.25) is 19.6 Å². The number of alkyl halides is 2. The summed E-state index contributed by atoms with van der Waals surface area (Å²) in [6.45, 7) is 14.8. The van der Waals surface area contributed by atoms with E-state index < -0.39 is 52.1 Å². The van der Waals surface area contributed by atoms with E-state index in [2.05, 4.69) is 157 Å². The molecule has 0 amide bonds. The van der Waals surface area contributed by atoms with Crippen LogP contribution < -0.4 is 67.3 Å². The summed E-state index contributed by atoms with van der Waals surface area (Å²) in [6, 6.07) is 45.8. The number of nitrogens with zero attached hydrogens (tertiary/aromatic N) is 5. The minimum absolute atomic E-state index is 0.0175. The Morgan fingerprint density at radius 2 is 0.786 bits per heavy atom. The number of ether oxygens (including phenoxy) is 12. The standard InChI is InChI=1S/C46H49F2N3O8S.C40H47N3O6.C6H3ClF2O2S.C6H15N.CH2Cl2/c1-50-18-15-30-24-39(54-3)41-27-34(30)36(50)21-28-7-11-33(12-8-28)58-40-23-29(22-37-44-31(16-19-51(37)2)25-42(55-4)45(56-5)46(44)59-41)9-13-38(40)57-20-6-17-49-60(52,53)43-14-10-32(47)26-35(43)48;1-42-16-13-27-22-34(44-3)36-24-30(27)31(42)19-25-7-10-29(11-8-25)48-35-21-26(9-12-33(35)47-18-6-15-41)20-32-38-28(14-17-43(32)2)23-37(45-4)39(46-5)40(38)49-36;7-12(10,11)6-2-1-4(8)3-5(6)9;1-4-7(5-2)6-3;2-1-3/h7-14,23-27,36-37,49H,6,15-22H2,1-5H3;7-12,21-24,31-32H,6,13-20,41H2,1-5H3;1-3H;4-6H2,1-3H3;1H2/t36-,37+;31-,32+;;;/m00.../s1. The van der Waals surface area contributed by atoms with E-state index in [0.29, 0.717) is 124 Å². The third-order valence-electron chi connectivity index (χ3n) is 24.4. The number of benzene rings is 10. The molecule has 0 saturated heterocycles. The van der Waals surface area contributed by atoms with Gasteiger partial charge in [0.25, 0.3) is 9.05 Å². The van der Waals surface area contributed by atoms with Crippen LogP contribution in [0.4, 0.5) is 17.6 Å². The Hall–Kier alpha value is -9.99. The van der Waals surface area contributed by atoms with Crippen LogP contribution in [0, 0.1) is 23.3 Å². The molecule has 3 N–H and O–H groups in total. The van der Waals surface area contributed by atoms with Gasteiger partial charge in [0.05, 0.1) is 61.2 Å². The summed E-state index contributed by atoms with van der Waals surface area (Å²) in [5, 5.41) is 0.194. The van der Waals surface area contributed by atoms with Gasteiger partial charge in [-0.05, 0) is 283 Å². The predicted octanol–water partition coefficient (Wildman–Crippen LogP) is 19.7. The van der Waals surface area contributed by atoms with Crippen molar-refractivity contribution in [3.05, 3.63) is 248 Å². The normalized spacial score (nSPS) is 16.9. The van der Waals surface area contributed by atoms with E-state index in [1.54, 1.807) is 42.7 Å². The molecule has 23 nitrogen and oxygen atoms in total. The molecule has 12 bridgehead atoms. The SMILES string of the molecule is CCN(CC)CC.COc1cc2c3cc1Oc1c(OC)c(OC)cc4c1[C@@H](Cc1ccc(OCCCN)c(c1)Oc1ccc(cc1)C[C@@H]3N(C)CC2)N(C)CC4.COc1cc2c3cc1Oc1c(OC)c(OC)cc4c1[C@@H](Cc1ccc(OCCCNS(=O)(=O)c5ccc(F)cc5F)c(c1)Oc1ccc(cc1)C[C@@H]3N(C)CC2)N(C)CC4.ClCCl.O=S(=O)(Cl)c1ccc(F)cc1F. The molecule has 0 spiro atoms. The van der Waals surface area contributed by atoms with Crippen molar-refractivity contribution in [2.45, 2.75) is 119 Å². The minimum atomic E-state index is -4.20. The molecule has 8 aliphatic heterocycles. The highest BCUT2D eigenvalue weighted by Gasteiger charge is 2.39. The molecule has 32 heteroatoms. The first-order valence-electron chi connectivity index (χ1n) is 43.6. The van der Waals surface area contributed by atoms with E-state index in [1.165, 1.54) is 53.0 Å². The zero-order valence-electron chi connectivity index (χ0n) is 76.2. The van der Waals surface area contributed by atoms with Crippen molar-refractivity contribution in [3.8, 4) is 92.0 Å². The first-order chi connectivity index (χ1) is 63.0. The molecule has 0 fully saturated rings. The quantitative estimate of drug-likeness (QED) is 0.0294. The number of nitrogens with two attached hydrogens (primary N) is 1. The second-order valence-electron chi connectivity index (χ2n) is 32.4. The fourth-order valence-corrected chi connectivity index (χ4v) is 19.3. The number of rotatable bonds is 21. The van der Waals surface area contributed by atoms with E-state index in [-0.39, 0.29) is 49.1 Å². The average Bonchev–Trinajstić information content (AvgIpc) is 0.751. The number of nitrogens with one attached hydrogen (secondary N) is 1. The van der Waals surface area contributed by atoms with Crippen molar-refractivity contribution >= 4 is 53.0 Å². The van der Waals surface area contributed by atoms with Gasteiger partial charge in [0.15, 0.2) is 69.0 Å². The summed E-state index contributed by atoms with van der Waals surface area (Å²) in [5.41, 5.74) is 19.5. The molecule has 8 heterocycles. The van der Waals surface area contributed by atoms with Crippen molar-refractivity contribution in [2.24, 2.45) is 5.73 Å². The second kappa shape index (κ2) is 46.1. The van der Waals surface area contributed by atoms with Gasteiger partial charge in [-0.25, -0.2) is 39.1 Å². The number of methoxy groups -OCH3 is 6. The van der Waals surface area contributed by atoms with Crippen molar-refractivity contribution in [1.82, 2.24) is 29.2 Å². The number of hydrogen-bond donors (Lipinski definition) is 2. The van der Waals surface area contributed by atoms with Crippen LogP contribution >= 0.6 is 33.9 Å². The zero-order valence-corrected chi connectivity index (χ0v) is 80.1. The number of fused-ring (bicyclic) bond motifs is 4. The smallest absolute Gasteiger partial charge is 0.264 e. The van der Waals surface area contributed by atoms with Crippen LogP contribution in [0.15, 0.2) is 168 Å². The number of sulfonamides is 1. The topological polar surface area (TPSA) is 233 Å². The van der Waals surface area contributed by atoms with Crippen LogP contribution in [-0.4, -0.2) is 190 Å². The molecule has 8 aliphatic rings. The highest BCUT2D eigenvalue weighted by Crippen LogP contribution is 2.55. The minimum Gasteiger partial charge on any atom is -0.493 e. The molecule has 704 valence electrons. The fraction of sp³-hybridized carbons (Fsp3) is 0.394. The third kappa shape index (κ3) is 24.3. The molecule has 4 atom stereocenters. The van der Waals surface area contributed by atoms with Crippen molar-refractivity contribution in [2.75, 3.05) is 148 Å². The van der Waals surface area contributed by atoms with Crippen molar-refractivity contribution in [3.63, 3.8) is 0 Å². The Morgan fingerprint density at radius 1 is 0.427 bits per heavy atom. The highest BCUT2D eigenvalue weighted by atomic mass is 35.7. The molecule has 0 unspecified atom stereocenters. The van der Waals surface area contributed by atoms with E-state index >= 15 is 0 Å². The molecule has 0 saturated carbocycles. The lowest BCUT2D eigenvalue weighted by Crippen LogP contribution is -2.34. The second-order valence-corrected chi connectivity index (χ2v) is 37.5. The zero-order chi connectivity index (χ0) is 94.0. The largest absolute Gasteiger partial charge is 0.493 e. The summed E-state index contributed by atoms with van der Waals surface area (Å²) in [6.07, 6.45) is 7.35. The molecular formula is C99H116Cl3F4N7O16S2. The van der Waals surface area contributed by atoms with Crippen molar-refractivity contribution in [1.29, 1.82) is 0 Å². The first kappa shape index (κ1) is 100. The number of likely N-dealkylation sites (N-methyl/N-ethyl adjacent to an activating group) is 4. The van der Waals surface area contributed by atoms with E-state index in [9.17, 15) is 34.4 Å². The molecular weight excluding hydrogens is 1790 g/mol. The van der Waals surface area contributed by atoms with Gasteiger partial charge in [-0.1, -0.05) is 57.2 Å². The summed E-state index contributed by atoms with van der Waals surface area (Å²) in [7, 11) is 15.1. The van der Waals surface area contributed by atoms with Gasteiger partial charge in [0.2, 0.25) is 21.5 Å². The molecule has 0 radical (unpaired) electrons.